The Morgan fingerprint density at radius 3 is 2.12 bits per heavy atom. The second kappa shape index (κ2) is 6.03. The summed E-state index contributed by atoms with van der Waals surface area (Å²) in [4.78, 5) is 12.3. The summed E-state index contributed by atoms with van der Waals surface area (Å²) in [5.41, 5.74) is 3.78. The lowest BCUT2D eigenvalue weighted by atomic mass is 10.2. The van der Waals surface area contributed by atoms with Gasteiger partial charge in [-0.25, -0.2) is 5.43 Å². The summed E-state index contributed by atoms with van der Waals surface area (Å²) in [6, 6.07) is 7.24. The summed E-state index contributed by atoms with van der Waals surface area (Å²) in [5, 5.41) is 2.28. The molecule has 0 heterocycles. The van der Waals surface area contributed by atoms with Crippen LogP contribution in [0.4, 0.5) is 0 Å². The van der Waals surface area contributed by atoms with E-state index in [-0.39, 0.29) is 18.0 Å². The van der Waals surface area contributed by atoms with Gasteiger partial charge in [0.15, 0.2) is 0 Å². The van der Waals surface area contributed by atoms with Crippen LogP contribution >= 0.6 is 11.6 Å². The van der Waals surface area contributed by atoms with Gasteiger partial charge in [-0.3, -0.25) is 9.80 Å². The predicted molar refractivity (Wildman–Crippen MR) is 71.0 cm³/mol. The first-order chi connectivity index (χ1) is 7.91. The fourth-order valence-electron chi connectivity index (χ4n) is 1.45. The number of halogens is 1. The first-order valence-electron chi connectivity index (χ1n) is 5.77. The number of rotatable bonds is 4. The van der Waals surface area contributed by atoms with Crippen LogP contribution in [0, 0.1) is 0 Å². The smallest absolute Gasteiger partial charge is 0.268 e. The van der Waals surface area contributed by atoms with Crippen LogP contribution in [0.3, 0.4) is 0 Å². The highest BCUT2D eigenvalue weighted by Crippen LogP contribution is 2.12. The highest BCUT2D eigenvalue weighted by molar-refractivity contribution is 6.30. The molecule has 1 amide bonds. The van der Waals surface area contributed by atoms with E-state index in [1.54, 1.807) is 29.3 Å². The van der Waals surface area contributed by atoms with Crippen molar-refractivity contribution in [2.75, 3.05) is 0 Å². The maximum atomic E-state index is 12.3. The molecule has 1 aromatic rings. The first kappa shape index (κ1) is 14.0. The second-order valence-corrected chi connectivity index (χ2v) is 5.00. The molecule has 94 valence electrons. The van der Waals surface area contributed by atoms with Gasteiger partial charge < -0.3 is 0 Å². The minimum absolute atomic E-state index is 0.0367. The van der Waals surface area contributed by atoms with Crippen molar-refractivity contribution in [1.82, 2.24) is 10.4 Å². The van der Waals surface area contributed by atoms with Crippen molar-refractivity contribution in [3.63, 3.8) is 0 Å². The van der Waals surface area contributed by atoms with Crippen LogP contribution in [0.25, 0.3) is 0 Å². The average molecular weight is 255 g/mol. The third-order valence-corrected chi connectivity index (χ3v) is 2.48. The molecule has 0 fully saturated rings. The number of nitrogens with zero attached hydrogens (tertiary/aromatic N) is 1. The van der Waals surface area contributed by atoms with Gasteiger partial charge >= 0.3 is 0 Å². The molecule has 1 rings (SSSR count). The van der Waals surface area contributed by atoms with Crippen molar-refractivity contribution in [1.29, 1.82) is 0 Å². The van der Waals surface area contributed by atoms with Crippen molar-refractivity contribution in [3.8, 4) is 0 Å². The summed E-state index contributed by atoms with van der Waals surface area (Å²) >= 11 is 5.80. The molecule has 0 unspecified atom stereocenters. The first-order valence-corrected chi connectivity index (χ1v) is 6.15. The van der Waals surface area contributed by atoms with Gasteiger partial charge in [-0.1, -0.05) is 11.6 Å². The molecule has 0 atom stereocenters. The molecule has 1 aromatic carbocycles. The number of hydrogen-bond donors (Lipinski definition) is 1. The van der Waals surface area contributed by atoms with Crippen LogP contribution < -0.4 is 5.43 Å². The Kier molecular flexibility index (Phi) is 4.97. The molecule has 4 heteroatoms. The van der Waals surface area contributed by atoms with E-state index in [0.29, 0.717) is 10.6 Å². The monoisotopic (exact) mass is 254 g/mol. The van der Waals surface area contributed by atoms with E-state index < -0.39 is 0 Å². The molecule has 0 aliphatic rings. The van der Waals surface area contributed by atoms with Gasteiger partial charge in [0.2, 0.25) is 0 Å². The van der Waals surface area contributed by atoms with Gasteiger partial charge in [-0.15, -0.1) is 0 Å². The molecule has 0 aliphatic carbocycles. The molecule has 17 heavy (non-hydrogen) atoms. The van der Waals surface area contributed by atoms with Gasteiger partial charge in [0.1, 0.15) is 0 Å². The van der Waals surface area contributed by atoms with Crippen LogP contribution in [-0.4, -0.2) is 23.0 Å². The molecule has 0 saturated heterocycles. The molecule has 0 saturated carbocycles. The lowest BCUT2D eigenvalue weighted by molar-refractivity contribution is 0.0550. The maximum absolute atomic E-state index is 12.3. The lowest BCUT2D eigenvalue weighted by Crippen LogP contribution is -2.50. The largest absolute Gasteiger partial charge is 0.271 e. The van der Waals surface area contributed by atoms with Crippen LogP contribution in [0.2, 0.25) is 5.02 Å². The number of amides is 1. The minimum atomic E-state index is -0.0367. The molecule has 0 bridgehead atoms. The number of carbonyl (C=O) groups excluding carboxylic acids is 1. The Bertz CT molecular complexity index is 374. The van der Waals surface area contributed by atoms with Crippen LogP contribution in [-0.2, 0) is 0 Å². The zero-order valence-electron chi connectivity index (χ0n) is 10.7. The summed E-state index contributed by atoms with van der Waals surface area (Å²) < 4.78 is 0. The van der Waals surface area contributed by atoms with Gasteiger partial charge in [0, 0.05) is 22.7 Å². The van der Waals surface area contributed by atoms with E-state index in [1.807, 2.05) is 27.7 Å². The van der Waals surface area contributed by atoms with Crippen LogP contribution in [0.1, 0.15) is 38.1 Å². The van der Waals surface area contributed by atoms with Gasteiger partial charge in [-0.2, -0.15) is 0 Å². The Balaban J connectivity index is 2.88. The fourth-order valence-corrected chi connectivity index (χ4v) is 1.58. The Labute approximate surface area is 108 Å². The highest BCUT2D eigenvalue weighted by atomic mass is 35.5. The van der Waals surface area contributed by atoms with E-state index >= 15 is 0 Å². The Morgan fingerprint density at radius 2 is 1.71 bits per heavy atom. The summed E-state index contributed by atoms with van der Waals surface area (Å²) in [6.45, 7) is 7.96. The highest BCUT2D eigenvalue weighted by Gasteiger charge is 2.19. The third kappa shape index (κ3) is 4.02. The topological polar surface area (TPSA) is 32.3 Å². The molecule has 0 aliphatic heterocycles. The molecular formula is C13H19ClN2O. The van der Waals surface area contributed by atoms with Crippen molar-refractivity contribution in [3.05, 3.63) is 34.9 Å². The standard InChI is InChI=1S/C13H19ClN2O/c1-9(2)15-16(10(3)4)13(17)11-5-7-12(14)8-6-11/h5-10,15H,1-4H3. The van der Waals surface area contributed by atoms with Crippen molar-refractivity contribution in [2.45, 2.75) is 39.8 Å². The Morgan fingerprint density at radius 1 is 1.18 bits per heavy atom. The minimum Gasteiger partial charge on any atom is -0.271 e. The summed E-state index contributed by atoms with van der Waals surface area (Å²) in [7, 11) is 0. The van der Waals surface area contributed by atoms with Gasteiger partial charge in [0.25, 0.3) is 5.91 Å². The molecule has 1 N–H and O–H groups in total. The van der Waals surface area contributed by atoms with Gasteiger partial charge in [0.05, 0.1) is 0 Å². The SMILES string of the molecule is CC(C)NN(C(=O)c1ccc(Cl)cc1)C(C)C. The van der Waals surface area contributed by atoms with E-state index in [2.05, 4.69) is 5.43 Å². The third-order valence-electron chi connectivity index (χ3n) is 2.22. The fraction of sp³-hybridized carbons (Fsp3) is 0.462. The van der Waals surface area contributed by atoms with E-state index in [4.69, 9.17) is 11.6 Å². The van der Waals surface area contributed by atoms with E-state index in [1.165, 1.54) is 0 Å². The maximum Gasteiger partial charge on any atom is 0.268 e. The summed E-state index contributed by atoms with van der Waals surface area (Å²) in [6.07, 6.45) is 0. The number of benzene rings is 1. The molecule has 0 radical (unpaired) electrons. The summed E-state index contributed by atoms with van der Waals surface area (Å²) in [5.74, 6) is -0.0367. The molecule has 0 spiro atoms. The number of hydrazine groups is 1. The second-order valence-electron chi connectivity index (χ2n) is 4.56. The van der Waals surface area contributed by atoms with E-state index in [0.717, 1.165) is 0 Å². The van der Waals surface area contributed by atoms with E-state index in [9.17, 15) is 4.79 Å². The van der Waals surface area contributed by atoms with Crippen molar-refractivity contribution in [2.24, 2.45) is 0 Å². The average Bonchev–Trinajstić information content (AvgIpc) is 2.25. The van der Waals surface area contributed by atoms with Crippen LogP contribution in [0.5, 0.6) is 0 Å². The van der Waals surface area contributed by atoms with Crippen molar-refractivity contribution >= 4 is 17.5 Å². The van der Waals surface area contributed by atoms with Gasteiger partial charge in [-0.05, 0) is 52.0 Å². The van der Waals surface area contributed by atoms with Crippen LogP contribution in [0.15, 0.2) is 24.3 Å². The number of nitrogens with one attached hydrogen (secondary N) is 1. The zero-order valence-corrected chi connectivity index (χ0v) is 11.5. The normalized spacial score (nSPS) is 11.0. The molecule has 0 aromatic heterocycles. The lowest BCUT2D eigenvalue weighted by Gasteiger charge is -2.29. The Hall–Kier alpha value is -1.06. The predicted octanol–water partition coefficient (Wildman–Crippen LogP) is 3.10. The molecule has 3 nitrogen and oxygen atoms in total. The molecular weight excluding hydrogens is 236 g/mol. The van der Waals surface area contributed by atoms with Crippen molar-refractivity contribution < 1.29 is 4.79 Å². The number of carbonyl (C=O) groups is 1. The zero-order chi connectivity index (χ0) is 13.0. The number of hydrogen-bond acceptors (Lipinski definition) is 2. The quantitative estimate of drug-likeness (QED) is 0.838.